The molecule has 1 rings (SSSR count). The molecule has 0 heterocycles. The number of aryl methyl sites for hydroxylation is 1. The zero-order chi connectivity index (χ0) is 11.5. The van der Waals surface area contributed by atoms with Gasteiger partial charge in [-0.3, -0.25) is 0 Å². The predicted octanol–water partition coefficient (Wildman–Crippen LogP) is 3.55. The molecule has 0 unspecified atom stereocenters. The lowest BCUT2D eigenvalue weighted by molar-refractivity contribution is -0.136. The van der Waals surface area contributed by atoms with Crippen molar-refractivity contribution in [3.8, 4) is 6.07 Å². The van der Waals surface area contributed by atoms with E-state index in [4.69, 9.17) is 5.26 Å². The average Bonchev–Trinajstić information content (AvgIpc) is 2.14. The lowest BCUT2D eigenvalue weighted by Crippen LogP contribution is -2.12. The van der Waals surface area contributed by atoms with Gasteiger partial charge in [-0.05, 0) is 12.5 Å². The Bertz CT molecular complexity index is 359. The Labute approximate surface area is 86.1 Å². The van der Waals surface area contributed by atoms with Crippen LogP contribution in [0.3, 0.4) is 0 Å². The molecule has 1 atom stereocenters. The van der Waals surface area contributed by atoms with Crippen LogP contribution in [0.5, 0.6) is 0 Å². The fraction of sp³-hybridized carbons (Fsp3) is 0.364. The van der Waals surface area contributed by atoms with E-state index in [2.05, 4.69) is 0 Å². The first-order valence-corrected chi connectivity index (χ1v) is 4.45. The van der Waals surface area contributed by atoms with Crippen molar-refractivity contribution in [3.63, 3.8) is 0 Å². The summed E-state index contributed by atoms with van der Waals surface area (Å²) in [6, 6.07) is 8.21. The molecule has 0 spiro atoms. The van der Waals surface area contributed by atoms with Gasteiger partial charge in [-0.1, -0.05) is 29.8 Å². The molecular formula is C11H10F3N. The second kappa shape index (κ2) is 4.35. The van der Waals surface area contributed by atoms with Crippen LogP contribution < -0.4 is 0 Å². The number of nitrogens with zero attached hydrogens (tertiary/aromatic N) is 1. The fourth-order valence-corrected chi connectivity index (χ4v) is 1.27. The first-order chi connectivity index (χ1) is 6.92. The van der Waals surface area contributed by atoms with Gasteiger partial charge in [-0.25, -0.2) is 0 Å². The van der Waals surface area contributed by atoms with Gasteiger partial charge < -0.3 is 0 Å². The van der Waals surface area contributed by atoms with Gasteiger partial charge in [0.15, 0.2) is 0 Å². The molecule has 1 aromatic rings. The van der Waals surface area contributed by atoms with E-state index in [0.29, 0.717) is 5.56 Å². The van der Waals surface area contributed by atoms with Crippen molar-refractivity contribution in [2.24, 2.45) is 0 Å². The maximum atomic E-state index is 12.1. The van der Waals surface area contributed by atoms with Gasteiger partial charge in [0.25, 0.3) is 0 Å². The van der Waals surface area contributed by atoms with Crippen molar-refractivity contribution in [1.82, 2.24) is 0 Å². The molecule has 0 aliphatic carbocycles. The van der Waals surface area contributed by atoms with Crippen LogP contribution in [0, 0.1) is 18.3 Å². The lowest BCUT2D eigenvalue weighted by atomic mass is 9.96. The smallest absolute Gasteiger partial charge is 0.198 e. The summed E-state index contributed by atoms with van der Waals surface area (Å²) in [5.74, 6) is -1.11. The fourth-order valence-electron chi connectivity index (χ4n) is 1.27. The van der Waals surface area contributed by atoms with Crippen LogP contribution in [0.25, 0.3) is 0 Å². The van der Waals surface area contributed by atoms with E-state index in [0.717, 1.165) is 5.56 Å². The number of hydrogen-bond acceptors (Lipinski definition) is 1. The third-order valence-electron chi connectivity index (χ3n) is 2.07. The molecule has 1 nitrogen and oxygen atoms in total. The van der Waals surface area contributed by atoms with Crippen molar-refractivity contribution in [3.05, 3.63) is 35.4 Å². The second-order valence-electron chi connectivity index (χ2n) is 3.41. The van der Waals surface area contributed by atoms with Crippen LogP contribution in [-0.2, 0) is 0 Å². The molecule has 0 amide bonds. The summed E-state index contributed by atoms with van der Waals surface area (Å²) in [5, 5.41) is 8.66. The molecule has 0 saturated carbocycles. The Balaban J connectivity index is 2.85. The summed E-state index contributed by atoms with van der Waals surface area (Å²) in [7, 11) is 0. The number of halogens is 3. The highest BCUT2D eigenvalue weighted by Crippen LogP contribution is 2.30. The van der Waals surface area contributed by atoms with E-state index in [1.165, 1.54) is 0 Å². The Hall–Kier alpha value is -1.50. The first kappa shape index (κ1) is 11.6. The quantitative estimate of drug-likeness (QED) is 0.736. The molecule has 0 saturated heterocycles. The Morgan fingerprint density at radius 1 is 1.27 bits per heavy atom. The van der Waals surface area contributed by atoms with Crippen LogP contribution in [-0.4, -0.2) is 6.18 Å². The van der Waals surface area contributed by atoms with Gasteiger partial charge in [-0.15, -0.1) is 0 Å². The Morgan fingerprint density at radius 2 is 1.80 bits per heavy atom. The van der Waals surface area contributed by atoms with Gasteiger partial charge in [0.2, 0.25) is 0 Å². The van der Waals surface area contributed by atoms with Crippen molar-refractivity contribution < 1.29 is 13.2 Å². The second-order valence-corrected chi connectivity index (χ2v) is 3.41. The van der Waals surface area contributed by atoms with E-state index in [9.17, 15) is 13.2 Å². The molecule has 1 aromatic carbocycles. The number of hydrogen-bond donors (Lipinski definition) is 0. The van der Waals surface area contributed by atoms with Gasteiger partial charge in [-0.2, -0.15) is 18.4 Å². The van der Waals surface area contributed by atoms with E-state index in [1.54, 1.807) is 30.3 Å². The van der Waals surface area contributed by atoms with Crippen molar-refractivity contribution in [2.75, 3.05) is 0 Å². The Morgan fingerprint density at radius 3 is 2.20 bits per heavy atom. The highest BCUT2D eigenvalue weighted by Gasteiger charge is 2.32. The highest BCUT2D eigenvalue weighted by molar-refractivity contribution is 5.28. The normalized spacial score (nSPS) is 13.3. The standard InChI is InChI=1S/C11H10F3N/c1-8-2-4-9(5-3-8)10(7-15)6-11(12,13)14/h2-5,10H,6H2,1H3/t10-/m0/s1. The largest absolute Gasteiger partial charge is 0.390 e. The molecule has 4 heteroatoms. The van der Waals surface area contributed by atoms with E-state index >= 15 is 0 Å². The topological polar surface area (TPSA) is 23.8 Å². The lowest BCUT2D eigenvalue weighted by Gasteiger charge is -2.12. The summed E-state index contributed by atoms with van der Waals surface area (Å²) in [6.07, 6.45) is -5.39. The summed E-state index contributed by atoms with van der Waals surface area (Å²) < 4.78 is 36.3. The van der Waals surface area contributed by atoms with E-state index in [1.807, 2.05) is 6.92 Å². The summed E-state index contributed by atoms with van der Waals surface area (Å²) >= 11 is 0. The molecule has 0 aliphatic rings. The van der Waals surface area contributed by atoms with E-state index < -0.39 is 18.5 Å². The van der Waals surface area contributed by atoms with Crippen LogP contribution >= 0.6 is 0 Å². The number of alkyl halides is 3. The SMILES string of the molecule is Cc1ccc([C@H](C#N)CC(F)(F)F)cc1. The minimum absolute atomic E-state index is 0.417. The molecule has 0 N–H and O–H groups in total. The third kappa shape index (κ3) is 3.62. The zero-order valence-corrected chi connectivity index (χ0v) is 8.17. The maximum Gasteiger partial charge on any atom is 0.390 e. The van der Waals surface area contributed by atoms with Crippen LogP contribution in [0.4, 0.5) is 13.2 Å². The molecule has 0 radical (unpaired) electrons. The first-order valence-electron chi connectivity index (χ1n) is 4.45. The molecular weight excluding hydrogens is 203 g/mol. The molecule has 0 aliphatic heterocycles. The summed E-state index contributed by atoms with van der Waals surface area (Å²) in [5.41, 5.74) is 1.38. The van der Waals surface area contributed by atoms with E-state index in [-0.39, 0.29) is 0 Å². The van der Waals surface area contributed by atoms with Gasteiger partial charge >= 0.3 is 6.18 Å². The van der Waals surface area contributed by atoms with Gasteiger partial charge in [0.1, 0.15) is 0 Å². The van der Waals surface area contributed by atoms with Crippen LogP contribution in [0.15, 0.2) is 24.3 Å². The van der Waals surface area contributed by atoms with Crippen LogP contribution in [0.1, 0.15) is 23.5 Å². The number of rotatable bonds is 2. The van der Waals surface area contributed by atoms with Crippen molar-refractivity contribution >= 4 is 0 Å². The Kier molecular flexibility index (Phi) is 3.35. The summed E-state index contributed by atoms with van der Waals surface area (Å²) in [4.78, 5) is 0. The summed E-state index contributed by atoms with van der Waals surface area (Å²) in [6.45, 7) is 1.84. The molecule has 80 valence electrons. The third-order valence-corrected chi connectivity index (χ3v) is 2.07. The van der Waals surface area contributed by atoms with Gasteiger partial charge in [0.05, 0.1) is 18.4 Å². The molecule has 0 aromatic heterocycles. The minimum Gasteiger partial charge on any atom is -0.198 e. The monoisotopic (exact) mass is 213 g/mol. The predicted molar refractivity (Wildman–Crippen MR) is 50.2 cm³/mol. The molecule has 0 bridgehead atoms. The number of benzene rings is 1. The van der Waals surface area contributed by atoms with Crippen molar-refractivity contribution in [2.45, 2.75) is 25.4 Å². The average molecular weight is 213 g/mol. The zero-order valence-electron chi connectivity index (χ0n) is 8.17. The highest BCUT2D eigenvalue weighted by atomic mass is 19.4. The molecule has 15 heavy (non-hydrogen) atoms. The van der Waals surface area contributed by atoms with Gasteiger partial charge in [0, 0.05) is 0 Å². The maximum absolute atomic E-state index is 12.1. The number of nitriles is 1. The minimum atomic E-state index is -4.30. The molecule has 0 fully saturated rings. The van der Waals surface area contributed by atoms with Crippen LogP contribution in [0.2, 0.25) is 0 Å². The van der Waals surface area contributed by atoms with Crippen molar-refractivity contribution in [1.29, 1.82) is 5.26 Å².